The van der Waals surface area contributed by atoms with Crippen LogP contribution in [0.15, 0.2) is 18.2 Å². The monoisotopic (exact) mass is 261 g/mol. The summed E-state index contributed by atoms with van der Waals surface area (Å²) >= 11 is 0. The molecule has 1 amide bonds. The molecule has 0 saturated carbocycles. The lowest BCUT2D eigenvalue weighted by Crippen LogP contribution is -2.49. The molecule has 1 heterocycles. The molecule has 1 aromatic carbocycles. The van der Waals surface area contributed by atoms with Crippen molar-refractivity contribution in [2.45, 2.75) is 13.8 Å². The number of likely N-dealkylation sites (N-methyl/N-ethyl adjacent to an activating group) is 1. The largest absolute Gasteiger partial charge is 0.369 e. The van der Waals surface area contributed by atoms with Gasteiger partial charge in [0.1, 0.15) is 0 Å². The number of piperazine rings is 1. The SMILES string of the molecule is CNC(=O)CN1CCN(c2cc(C)ccc2C)CC1. The van der Waals surface area contributed by atoms with Crippen molar-refractivity contribution in [3.05, 3.63) is 29.3 Å². The zero-order valence-electron chi connectivity index (χ0n) is 12.1. The summed E-state index contributed by atoms with van der Waals surface area (Å²) in [6.45, 7) is 8.66. The number of carbonyl (C=O) groups is 1. The van der Waals surface area contributed by atoms with E-state index in [4.69, 9.17) is 0 Å². The van der Waals surface area contributed by atoms with Gasteiger partial charge in [0.15, 0.2) is 0 Å². The van der Waals surface area contributed by atoms with Crippen LogP contribution in [0.25, 0.3) is 0 Å². The van der Waals surface area contributed by atoms with Gasteiger partial charge in [-0.15, -0.1) is 0 Å². The fraction of sp³-hybridized carbons (Fsp3) is 0.533. The van der Waals surface area contributed by atoms with Gasteiger partial charge in [-0.3, -0.25) is 9.69 Å². The van der Waals surface area contributed by atoms with E-state index in [1.165, 1.54) is 16.8 Å². The molecule has 0 aromatic heterocycles. The average Bonchev–Trinajstić information content (AvgIpc) is 2.42. The lowest BCUT2D eigenvalue weighted by atomic mass is 10.1. The van der Waals surface area contributed by atoms with E-state index >= 15 is 0 Å². The predicted octanol–water partition coefficient (Wildman–Crippen LogP) is 1.17. The van der Waals surface area contributed by atoms with Crippen LogP contribution < -0.4 is 10.2 Å². The number of benzene rings is 1. The summed E-state index contributed by atoms with van der Waals surface area (Å²) in [7, 11) is 1.69. The summed E-state index contributed by atoms with van der Waals surface area (Å²) < 4.78 is 0. The van der Waals surface area contributed by atoms with E-state index in [0.29, 0.717) is 6.54 Å². The van der Waals surface area contributed by atoms with E-state index in [1.807, 2.05) is 0 Å². The molecule has 1 saturated heterocycles. The Morgan fingerprint density at radius 3 is 2.53 bits per heavy atom. The third-order valence-corrected chi connectivity index (χ3v) is 3.72. The highest BCUT2D eigenvalue weighted by Gasteiger charge is 2.19. The molecule has 2 rings (SSSR count). The Kier molecular flexibility index (Phi) is 4.43. The van der Waals surface area contributed by atoms with E-state index in [9.17, 15) is 4.79 Å². The highest BCUT2D eigenvalue weighted by Crippen LogP contribution is 2.22. The number of aryl methyl sites for hydroxylation is 2. The average molecular weight is 261 g/mol. The Morgan fingerprint density at radius 1 is 1.21 bits per heavy atom. The second-order valence-corrected chi connectivity index (χ2v) is 5.23. The molecule has 1 N–H and O–H groups in total. The molecule has 0 unspecified atom stereocenters. The van der Waals surface area contributed by atoms with Crippen LogP contribution in [-0.2, 0) is 4.79 Å². The van der Waals surface area contributed by atoms with Crippen molar-refractivity contribution in [2.75, 3.05) is 44.7 Å². The molecule has 1 fully saturated rings. The van der Waals surface area contributed by atoms with Crippen LogP contribution >= 0.6 is 0 Å². The first kappa shape index (κ1) is 13.9. The summed E-state index contributed by atoms with van der Waals surface area (Å²) in [4.78, 5) is 16.0. The lowest BCUT2D eigenvalue weighted by molar-refractivity contribution is -0.121. The Bertz CT molecular complexity index is 451. The van der Waals surface area contributed by atoms with Gasteiger partial charge in [0.2, 0.25) is 5.91 Å². The smallest absolute Gasteiger partial charge is 0.233 e. The van der Waals surface area contributed by atoms with Crippen LogP contribution in [0.5, 0.6) is 0 Å². The third kappa shape index (κ3) is 3.47. The fourth-order valence-corrected chi connectivity index (χ4v) is 2.49. The third-order valence-electron chi connectivity index (χ3n) is 3.72. The van der Waals surface area contributed by atoms with Gasteiger partial charge >= 0.3 is 0 Å². The maximum atomic E-state index is 11.4. The second kappa shape index (κ2) is 6.06. The first-order valence-electron chi connectivity index (χ1n) is 6.85. The van der Waals surface area contributed by atoms with Gasteiger partial charge in [0, 0.05) is 38.9 Å². The molecule has 0 bridgehead atoms. The number of carbonyl (C=O) groups excluding carboxylic acids is 1. The zero-order valence-corrected chi connectivity index (χ0v) is 12.1. The molecule has 4 heteroatoms. The summed E-state index contributed by atoms with van der Waals surface area (Å²) in [5.74, 6) is 0.0974. The van der Waals surface area contributed by atoms with Gasteiger partial charge in [0.05, 0.1) is 6.54 Å². The number of amides is 1. The minimum Gasteiger partial charge on any atom is -0.369 e. The number of nitrogens with zero attached hydrogens (tertiary/aromatic N) is 2. The van der Waals surface area contributed by atoms with Crippen LogP contribution in [0.4, 0.5) is 5.69 Å². The molecular formula is C15H23N3O. The topological polar surface area (TPSA) is 35.6 Å². The van der Waals surface area contributed by atoms with E-state index in [1.54, 1.807) is 7.05 Å². The highest BCUT2D eigenvalue weighted by molar-refractivity contribution is 5.77. The molecule has 1 aromatic rings. The van der Waals surface area contributed by atoms with Gasteiger partial charge in [-0.05, 0) is 31.0 Å². The van der Waals surface area contributed by atoms with Crippen LogP contribution in [-0.4, -0.2) is 50.6 Å². The van der Waals surface area contributed by atoms with Crippen molar-refractivity contribution < 1.29 is 4.79 Å². The molecule has 0 spiro atoms. The first-order valence-corrected chi connectivity index (χ1v) is 6.85. The molecular weight excluding hydrogens is 238 g/mol. The molecule has 104 valence electrons. The Morgan fingerprint density at radius 2 is 1.89 bits per heavy atom. The number of rotatable bonds is 3. The number of hydrogen-bond donors (Lipinski definition) is 1. The highest BCUT2D eigenvalue weighted by atomic mass is 16.1. The first-order chi connectivity index (χ1) is 9.10. The fourth-order valence-electron chi connectivity index (χ4n) is 2.49. The van der Waals surface area contributed by atoms with Crippen LogP contribution in [0, 0.1) is 13.8 Å². The van der Waals surface area contributed by atoms with E-state index < -0.39 is 0 Å². The lowest BCUT2D eigenvalue weighted by Gasteiger charge is -2.36. The minimum atomic E-state index is 0.0974. The van der Waals surface area contributed by atoms with Crippen molar-refractivity contribution in [1.82, 2.24) is 10.2 Å². The number of nitrogens with one attached hydrogen (secondary N) is 1. The van der Waals surface area contributed by atoms with Crippen molar-refractivity contribution in [3.63, 3.8) is 0 Å². The summed E-state index contributed by atoms with van der Waals surface area (Å²) in [6, 6.07) is 6.59. The van der Waals surface area contributed by atoms with Crippen molar-refractivity contribution in [1.29, 1.82) is 0 Å². The summed E-state index contributed by atoms with van der Waals surface area (Å²) in [5, 5.41) is 2.68. The second-order valence-electron chi connectivity index (χ2n) is 5.23. The maximum absolute atomic E-state index is 11.4. The molecule has 19 heavy (non-hydrogen) atoms. The molecule has 1 aliphatic heterocycles. The van der Waals surface area contributed by atoms with Crippen LogP contribution in [0.2, 0.25) is 0 Å². The summed E-state index contributed by atoms with van der Waals surface area (Å²) in [6.07, 6.45) is 0. The number of hydrogen-bond acceptors (Lipinski definition) is 3. The maximum Gasteiger partial charge on any atom is 0.233 e. The minimum absolute atomic E-state index is 0.0974. The van der Waals surface area contributed by atoms with Gasteiger partial charge in [0.25, 0.3) is 0 Å². The normalized spacial score (nSPS) is 16.5. The number of anilines is 1. The van der Waals surface area contributed by atoms with Crippen LogP contribution in [0.1, 0.15) is 11.1 Å². The zero-order chi connectivity index (χ0) is 13.8. The van der Waals surface area contributed by atoms with Crippen molar-refractivity contribution in [3.8, 4) is 0 Å². The van der Waals surface area contributed by atoms with Gasteiger partial charge in [-0.2, -0.15) is 0 Å². The Balaban J connectivity index is 1.96. The summed E-state index contributed by atoms with van der Waals surface area (Å²) in [5.41, 5.74) is 3.96. The molecule has 1 aliphatic rings. The predicted molar refractivity (Wildman–Crippen MR) is 78.6 cm³/mol. The molecule has 0 aliphatic carbocycles. The molecule has 0 radical (unpaired) electrons. The van der Waals surface area contributed by atoms with Crippen LogP contribution in [0.3, 0.4) is 0 Å². The van der Waals surface area contributed by atoms with E-state index in [2.05, 4.69) is 47.2 Å². The van der Waals surface area contributed by atoms with Crippen molar-refractivity contribution in [2.24, 2.45) is 0 Å². The van der Waals surface area contributed by atoms with Crippen molar-refractivity contribution >= 4 is 11.6 Å². The Hall–Kier alpha value is -1.55. The molecule has 0 atom stereocenters. The Labute approximate surface area is 115 Å². The van der Waals surface area contributed by atoms with Gasteiger partial charge in [-0.1, -0.05) is 12.1 Å². The van der Waals surface area contributed by atoms with E-state index in [-0.39, 0.29) is 5.91 Å². The van der Waals surface area contributed by atoms with Gasteiger partial charge in [-0.25, -0.2) is 0 Å². The quantitative estimate of drug-likeness (QED) is 0.887. The molecule has 4 nitrogen and oxygen atoms in total. The van der Waals surface area contributed by atoms with E-state index in [0.717, 1.165) is 26.2 Å². The standard InChI is InChI=1S/C15H23N3O/c1-12-4-5-13(2)14(10-12)18-8-6-17(7-9-18)11-15(19)16-3/h4-5,10H,6-9,11H2,1-3H3,(H,16,19). The van der Waals surface area contributed by atoms with Gasteiger partial charge < -0.3 is 10.2 Å².